The van der Waals surface area contributed by atoms with Crippen molar-refractivity contribution in [2.45, 2.75) is 13.1 Å². The molecule has 1 aromatic heterocycles. The summed E-state index contributed by atoms with van der Waals surface area (Å²) in [7, 11) is 0. The van der Waals surface area contributed by atoms with Crippen molar-refractivity contribution in [3.63, 3.8) is 0 Å². The molecule has 0 aliphatic heterocycles. The van der Waals surface area contributed by atoms with Gasteiger partial charge in [-0.15, -0.1) is 0 Å². The molecule has 8 nitrogen and oxygen atoms in total. The van der Waals surface area contributed by atoms with E-state index in [1.165, 1.54) is 10.9 Å². The van der Waals surface area contributed by atoms with Gasteiger partial charge < -0.3 is 16.4 Å². The Kier molecular flexibility index (Phi) is 5.45. The van der Waals surface area contributed by atoms with Crippen LogP contribution < -0.4 is 16.4 Å². The van der Waals surface area contributed by atoms with Crippen LogP contribution in [0.1, 0.15) is 15.9 Å². The van der Waals surface area contributed by atoms with Gasteiger partial charge in [-0.05, 0) is 17.7 Å². The molecule has 0 bridgehead atoms. The van der Waals surface area contributed by atoms with Crippen LogP contribution in [-0.4, -0.2) is 27.5 Å². The lowest BCUT2D eigenvalue weighted by Crippen LogP contribution is -2.23. The van der Waals surface area contributed by atoms with Crippen LogP contribution in [0.3, 0.4) is 0 Å². The molecule has 0 atom stereocenters. The van der Waals surface area contributed by atoms with E-state index in [0.29, 0.717) is 16.9 Å². The fraction of sp³-hybridized carbons (Fsp3) is 0.125. The van der Waals surface area contributed by atoms with Crippen molar-refractivity contribution in [3.05, 3.63) is 60.3 Å². The van der Waals surface area contributed by atoms with Crippen LogP contribution in [-0.2, 0) is 22.7 Å². The monoisotopic (exact) mass is 327 g/mol. The van der Waals surface area contributed by atoms with Gasteiger partial charge >= 0.3 is 0 Å². The second-order valence-corrected chi connectivity index (χ2v) is 4.90. The number of anilines is 1. The largest absolute Gasteiger partial charge is 0.368 e. The normalized spacial score (nSPS) is 10.0. The Morgan fingerprint density at radius 2 is 2.00 bits per heavy atom. The van der Waals surface area contributed by atoms with Crippen molar-refractivity contribution in [1.82, 2.24) is 15.1 Å². The maximum Gasteiger partial charge on any atom is 0.257 e. The number of carbonyl (C=O) groups is 3. The zero-order valence-corrected chi connectivity index (χ0v) is 12.9. The van der Waals surface area contributed by atoms with Crippen molar-refractivity contribution in [3.8, 4) is 0 Å². The van der Waals surface area contributed by atoms with Gasteiger partial charge in [-0.3, -0.25) is 19.1 Å². The molecular weight excluding hydrogens is 310 g/mol. The van der Waals surface area contributed by atoms with E-state index in [0.717, 1.165) is 6.08 Å². The molecule has 1 heterocycles. The standard InChI is InChI=1S/C16H17N5O3/c1-2-15(23)18-9-11-5-3-4-6-12(11)16(24)19-14-7-8-21(20-14)10-13(17)22/h2-8H,1,9-10H2,(H2,17,22)(H,18,23)(H,19,20,24). The van der Waals surface area contributed by atoms with Gasteiger partial charge in [0.1, 0.15) is 6.54 Å². The predicted molar refractivity (Wildman–Crippen MR) is 87.9 cm³/mol. The lowest BCUT2D eigenvalue weighted by atomic mass is 10.1. The number of benzene rings is 1. The van der Waals surface area contributed by atoms with Gasteiger partial charge in [-0.1, -0.05) is 24.8 Å². The smallest absolute Gasteiger partial charge is 0.257 e. The van der Waals surface area contributed by atoms with Crippen LogP contribution in [0.4, 0.5) is 5.82 Å². The first-order chi connectivity index (χ1) is 11.5. The zero-order chi connectivity index (χ0) is 17.5. The lowest BCUT2D eigenvalue weighted by Gasteiger charge is -2.09. The number of primary amides is 1. The Bertz CT molecular complexity index is 782. The first kappa shape index (κ1) is 16.9. The van der Waals surface area contributed by atoms with E-state index in [2.05, 4.69) is 22.3 Å². The van der Waals surface area contributed by atoms with Gasteiger partial charge in [0, 0.05) is 24.4 Å². The summed E-state index contributed by atoms with van der Waals surface area (Å²) in [6.45, 7) is 3.50. The summed E-state index contributed by atoms with van der Waals surface area (Å²) in [4.78, 5) is 34.5. The third-order valence-corrected chi connectivity index (χ3v) is 3.10. The molecule has 0 radical (unpaired) electrons. The van der Waals surface area contributed by atoms with Crippen LogP contribution in [0.25, 0.3) is 0 Å². The van der Waals surface area contributed by atoms with Crippen LogP contribution >= 0.6 is 0 Å². The molecule has 3 amide bonds. The zero-order valence-electron chi connectivity index (χ0n) is 12.9. The minimum absolute atomic E-state index is 0.0694. The minimum Gasteiger partial charge on any atom is -0.368 e. The number of hydrogen-bond donors (Lipinski definition) is 3. The number of carbonyl (C=O) groups excluding carboxylic acids is 3. The molecule has 0 unspecified atom stereocenters. The van der Waals surface area contributed by atoms with E-state index in [4.69, 9.17) is 5.73 Å². The molecule has 1 aromatic carbocycles. The molecule has 0 spiro atoms. The van der Waals surface area contributed by atoms with Crippen LogP contribution in [0.15, 0.2) is 49.2 Å². The van der Waals surface area contributed by atoms with E-state index in [1.807, 2.05) is 0 Å². The number of hydrogen-bond acceptors (Lipinski definition) is 4. The Morgan fingerprint density at radius 3 is 2.71 bits per heavy atom. The molecule has 24 heavy (non-hydrogen) atoms. The van der Waals surface area contributed by atoms with Crippen LogP contribution in [0.5, 0.6) is 0 Å². The molecule has 2 rings (SSSR count). The number of amides is 3. The van der Waals surface area contributed by atoms with Gasteiger partial charge in [-0.2, -0.15) is 5.10 Å². The quantitative estimate of drug-likeness (QED) is 0.639. The fourth-order valence-electron chi connectivity index (χ4n) is 2.01. The fourth-order valence-corrected chi connectivity index (χ4v) is 2.01. The summed E-state index contributed by atoms with van der Waals surface area (Å²) >= 11 is 0. The number of nitrogens with two attached hydrogens (primary N) is 1. The van der Waals surface area contributed by atoms with Gasteiger partial charge in [-0.25, -0.2) is 0 Å². The van der Waals surface area contributed by atoms with Crippen LogP contribution in [0.2, 0.25) is 0 Å². The first-order valence-electron chi connectivity index (χ1n) is 7.11. The van der Waals surface area contributed by atoms with Crippen molar-refractivity contribution < 1.29 is 14.4 Å². The predicted octanol–water partition coefficient (Wildman–Crippen LogP) is 0.423. The molecule has 0 fully saturated rings. The van der Waals surface area contributed by atoms with Gasteiger partial charge in [0.2, 0.25) is 11.8 Å². The molecule has 2 aromatic rings. The summed E-state index contributed by atoms with van der Waals surface area (Å²) in [5.74, 6) is -0.927. The SMILES string of the molecule is C=CC(=O)NCc1ccccc1C(=O)Nc1ccn(CC(N)=O)n1. The average Bonchev–Trinajstić information content (AvgIpc) is 2.98. The molecular formula is C16H17N5O3. The molecule has 8 heteroatoms. The Morgan fingerprint density at radius 1 is 1.25 bits per heavy atom. The summed E-state index contributed by atoms with van der Waals surface area (Å²) in [6, 6.07) is 8.44. The van der Waals surface area contributed by atoms with Crippen molar-refractivity contribution in [2.24, 2.45) is 5.73 Å². The highest BCUT2D eigenvalue weighted by Gasteiger charge is 2.13. The molecule has 0 saturated carbocycles. The van der Waals surface area contributed by atoms with Crippen molar-refractivity contribution >= 4 is 23.5 Å². The number of nitrogens with zero attached hydrogens (tertiary/aromatic N) is 2. The third-order valence-electron chi connectivity index (χ3n) is 3.10. The molecule has 0 aliphatic rings. The van der Waals surface area contributed by atoms with Crippen LogP contribution in [0, 0.1) is 0 Å². The Labute approximate surface area is 138 Å². The highest BCUT2D eigenvalue weighted by molar-refractivity contribution is 6.04. The summed E-state index contributed by atoms with van der Waals surface area (Å²) in [6.07, 6.45) is 2.70. The second kappa shape index (κ2) is 7.73. The van der Waals surface area contributed by atoms with Gasteiger partial charge in [0.25, 0.3) is 5.91 Å². The highest BCUT2D eigenvalue weighted by Crippen LogP contribution is 2.12. The topological polar surface area (TPSA) is 119 Å². The Balaban J connectivity index is 2.09. The summed E-state index contributed by atoms with van der Waals surface area (Å²) < 4.78 is 1.33. The number of nitrogens with one attached hydrogen (secondary N) is 2. The van der Waals surface area contributed by atoms with E-state index in [-0.39, 0.29) is 24.9 Å². The molecule has 4 N–H and O–H groups in total. The van der Waals surface area contributed by atoms with E-state index in [1.54, 1.807) is 30.3 Å². The van der Waals surface area contributed by atoms with E-state index in [9.17, 15) is 14.4 Å². The van der Waals surface area contributed by atoms with Crippen molar-refractivity contribution in [2.75, 3.05) is 5.32 Å². The van der Waals surface area contributed by atoms with E-state index >= 15 is 0 Å². The minimum atomic E-state index is -0.528. The number of rotatable bonds is 7. The average molecular weight is 327 g/mol. The third kappa shape index (κ3) is 4.54. The maximum absolute atomic E-state index is 12.4. The van der Waals surface area contributed by atoms with Gasteiger partial charge in [0.15, 0.2) is 5.82 Å². The second-order valence-electron chi connectivity index (χ2n) is 4.90. The Hall–Kier alpha value is -3.42. The first-order valence-corrected chi connectivity index (χ1v) is 7.11. The lowest BCUT2D eigenvalue weighted by molar-refractivity contribution is -0.119. The molecule has 0 saturated heterocycles. The summed E-state index contributed by atoms with van der Waals surface area (Å²) in [5, 5.41) is 9.30. The highest BCUT2D eigenvalue weighted by atomic mass is 16.2. The molecule has 124 valence electrons. The van der Waals surface area contributed by atoms with Crippen molar-refractivity contribution in [1.29, 1.82) is 0 Å². The molecule has 0 aliphatic carbocycles. The number of aromatic nitrogens is 2. The maximum atomic E-state index is 12.4. The van der Waals surface area contributed by atoms with E-state index < -0.39 is 5.91 Å². The van der Waals surface area contributed by atoms with Gasteiger partial charge in [0.05, 0.1) is 0 Å². The summed E-state index contributed by atoms with van der Waals surface area (Å²) in [5.41, 5.74) is 6.15.